The minimum atomic E-state index is 0.0696. The van der Waals surface area contributed by atoms with Crippen molar-refractivity contribution in [3.8, 4) is 5.69 Å². The van der Waals surface area contributed by atoms with Gasteiger partial charge in [-0.2, -0.15) is 4.68 Å². The van der Waals surface area contributed by atoms with Gasteiger partial charge in [-0.05, 0) is 47.5 Å². The number of aromatic nitrogens is 4. The van der Waals surface area contributed by atoms with Gasteiger partial charge in [0, 0.05) is 13.1 Å². The molecule has 0 fully saturated rings. The number of rotatable bonds is 7. The molecule has 1 amide bonds. The lowest BCUT2D eigenvalue weighted by Gasteiger charge is -2.20. The minimum Gasteiger partial charge on any atom is -0.338 e. The van der Waals surface area contributed by atoms with Crippen molar-refractivity contribution < 1.29 is 4.79 Å². The van der Waals surface area contributed by atoms with Crippen LogP contribution in [0, 0.1) is 6.92 Å². The molecular weight excluding hydrogens is 346 g/mol. The normalized spacial score (nSPS) is 10.7. The summed E-state index contributed by atoms with van der Waals surface area (Å²) >= 11 is 1.35. The number of tetrazole rings is 1. The molecule has 26 heavy (non-hydrogen) atoms. The number of nitrogens with zero attached hydrogens (tertiary/aromatic N) is 5. The second kappa shape index (κ2) is 8.62. The Morgan fingerprint density at radius 3 is 2.69 bits per heavy atom. The fourth-order valence-electron chi connectivity index (χ4n) is 2.59. The third-order valence-corrected chi connectivity index (χ3v) is 4.87. The molecule has 1 heterocycles. The third-order valence-electron chi connectivity index (χ3n) is 3.96. The van der Waals surface area contributed by atoms with Crippen LogP contribution in [-0.4, -0.2) is 43.3 Å². The van der Waals surface area contributed by atoms with Crippen LogP contribution in [0.25, 0.3) is 5.69 Å². The highest BCUT2D eigenvalue weighted by Crippen LogP contribution is 2.19. The second-order valence-electron chi connectivity index (χ2n) is 5.89. The molecule has 1 aromatic heterocycles. The van der Waals surface area contributed by atoms with Gasteiger partial charge in [0.1, 0.15) is 0 Å². The number of amides is 1. The van der Waals surface area contributed by atoms with Crippen molar-refractivity contribution in [3.63, 3.8) is 0 Å². The zero-order chi connectivity index (χ0) is 18.4. The van der Waals surface area contributed by atoms with Crippen molar-refractivity contribution in [1.29, 1.82) is 0 Å². The Bertz CT molecular complexity index is 865. The minimum absolute atomic E-state index is 0.0696. The summed E-state index contributed by atoms with van der Waals surface area (Å²) in [5, 5.41) is 12.5. The molecule has 0 saturated heterocycles. The monoisotopic (exact) mass is 367 g/mol. The van der Waals surface area contributed by atoms with Gasteiger partial charge in [0.05, 0.1) is 11.4 Å². The van der Waals surface area contributed by atoms with E-state index >= 15 is 0 Å². The van der Waals surface area contributed by atoms with E-state index in [0.717, 1.165) is 16.8 Å². The first kappa shape index (κ1) is 18.1. The van der Waals surface area contributed by atoms with Crippen molar-refractivity contribution in [3.05, 3.63) is 65.7 Å². The Morgan fingerprint density at radius 2 is 1.96 bits per heavy atom. The van der Waals surface area contributed by atoms with Crippen molar-refractivity contribution >= 4 is 17.7 Å². The van der Waals surface area contributed by atoms with Gasteiger partial charge in [-0.1, -0.05) is 54.2 Å². The Balaban J connectivity index is 1.65. The summed E-state index contributed by atoms with van der Waals surface area (Å²) in [6, 6.07) is 17.9. The van der Waals surface area contributed by atoms with Crippen LogP contribution in [0.2, 0.25) is 0 Å². The van der Waals surface area contributed by atoms with Gasteiger partial charge in [-0.3, -0.25) is 4.79 Å². The van der Waals surface area contributed by atoms with Crippen LogP contribution in [0.5, 0.6) is 0 Å². The van der Waals surface area contributed by atoms with E-state index in [2.05, 4.69) is 15.5 Å². The molecule has 134 valence electrons. The molecule has 2 aromatic carbocycles. The van der Waals surface area contributed by atoms with Crippen LogP contribution in [-0.2, 0) is 11.3 Å². The molecular formula is C19H21N5OS. The number of hydrogen-bond donors (Lipinski definition) is 0. The SMILES string of the molecule is CCN(Cc1ccccc1)C(=O)CSc1nnnn1-c1cccc(C)c1. The van der Waals surface area contributed by atoms with Crippen LogP contribution >= 0.6 is 11.8 Å². The maximum atomic E-state index is 12.6. The zero-order valence-electron chi connectivity index (χ0n) is 14.9. The molecule has 0 N–H and O–H groups in total. The molecule has 0 atom stereocenters. The molecule has 0 saturated carbocycles. The molecule has 0 aliphatic heterocycles. The zero-order valence-corrected chi connectivity index (χ0v) is 15.7. The standard InChI is InChI=1S/C19H21N5OS/c1-3-23(13-16-9-5-4-6-10-16)18(25)14-26-19-20-21-22-24(19)17-11-7-8-15(2)12-17/h4-12H,3,13-14H2,1-2H3. The average molecular weight is 367 g/mol. The van der Waals surface area contributed by atoms with Gasteiger partial charge in [0.15, 0.2) is 0 Å². The van der Waals surface area contributed by atoms with Gasteiger partial charge in [0.2, 0.25) is 11.1 Å². The van der Waals surface area contributed by atoms with Crippen LogP contribution in [0.1, 0.15) is 18.1 Å². The first-order valence-electron chi connectivity index (χ1n) is 8.47. The lowest BCUT2D eigenvalue weighted by atomic mass is 10.2. The fraction of sp³-hybridized carbons (Fsp3) is 0.263. The summed E-state index contributed by atoms with van der Waals surface area (Å²) in [5.41, 5.74) is 3.14. The van der Waals surface area contributed by atoms with E-state index in [4.69, 9.17) is 0 Å². The lowest BCUT2D eigenvalue weighted by Crippen LogP contribution is -2.31. The highest BCUT2D eigenvalue weighted by Gasteiger charge is 2.16. The van der Waals surface area contributed by atoms with E-state index in [0.29, 0.717) is 24.0 Å². The first-order valence-corrected chi connectivity index (χ1v) is 9.46. The van der Waals surface area contributed by atoms with Gasteiger partial charge in [-0.15, -0.1) is 5.10 Å². The fourth-order valence-corrected chi connectivity index (χ4v) is 3.38. The predicted octanol–water partition coefficient (Wildman–Crippen LogP) is 3.11. The van der Waals surface area contributed by atoms with Crippen LogP contribution < -0.4 is 0 Å². The number of aryl methyl sites for hydroxylation is 1. The maximum Gasteiger partial charge on any atom is 0.233 e. The van der Waals surface area contributed by atoms with E-state index in [1.165, 1.54) is 11.8 Å². The molecule has 0 bridgehead atoms. The summed E-state index contributed by atoms with van der Waals surface area (Å²) in [5.74, 6) is 0.368. The smallest absolute Gasteiger partial charge is 0.233 e. The van der Waals surface area contributed by atoms with Gasteiger partial charge in [0.25, 0.3) is 0 Å². The number of thioether (sulfide) groups is 1. The molecule has 0 aliphatic rings. The predicted molar refractivity (Wildman–Crippen MR) is 102 cm³/mol. The lowest BCUT2D eigenvalue weighted by molar-refractivity contribution is -0.128. The van der Waals surface area contributed by atoms with E-state index in [1.807, 2.05) is 73.3 Å². The highest BCUT2D eigenvalue weighted by molar-refractivity contribution is 7.99. The largest absolute Gasteiger partial charge is 0.338 e. The third kappa shape index (κ3) is 4.49. The summed E-state index contributed by atoms with van der Waals surface area (Å²) < 4.78 is 1.67. The molecule has 0 unspecified atom stereocenters. The molecule has 3 rings (SSSR count). The van der Waals surface area contributed by atoms with Crippen molar-refractivity contribution in [2.24, 2.45) is 0 Å². The summed E-state index contributed by atoms with van der Waals surface area (Å²) in [4.78, 5) is 14.4. The number of hydrogen-bond acceptors (Lipinski definition) is 5. The Morgan fingerprint density at radius 1 is 1.15 bits per heavy atom. The van der Waals surface area contributed by atoms with Crippen LogP contribution in [0.15, 0.2) is 59.8 Å². The Hall–Kier alpha value is -2.67. The molecule has 0 radical (unpaired) electrons. The van der Waals surface area contributed by atoms with Gasteiger partial charge >= 0.3 is 0 Å². The van der Waals surface area contributed by atoms with E-state index in [-0.39, 0.29) is 5.91 Å². The molecule has 3 aromatic rings. The summed E-state index contributed by atoms with van der Waals surface area (Å²) in [7, 11) is 0. The van der Waals surface area contributed by atoms with E-state index in [1.54, 1.807) is 4.68 Å². The Kier molecular flexibility index (Phi) is 6.01. The van der Waals surface area contributed by atoms with E-state index < -0.39 is 0 Å². The number of carbonyl (C=O) groups excluding carboxylic acids is 1. The van der Waals surface area contributed by atoms with Gasteiger partial charge < -0.3 is 4.90 Å². The molecule has 6 nitrogen and oxygen atoms in total. The number of benzene rings is 2. The maximum absolute atomic E-state index is 12.6. The molecule has 0 spiro atoms. The summed E-state index contributed by atoms with van der Waals surface area (Å²) in [6.07, 6.45) is 0. The van der Waals surface area contributed by atoms with E-state index in [9.17, 15) is 4.79 Å². The molecule has 0 aliphatic carbocycles. The Labute approximate surface area is 157 Å². The van der Waals surface area contributed by atoms with Crippen LogP contribution in [0.3, 0.4) is 0 Å². The van der Waals surface area contributed by atoms with Crippen molar-refractivity contribution in [1.82, 2.24) is 25.1 Å². The summed E-state index contributed by atoms with van der Waals surface area (Å²) in [6.45, 7) is 5.28. The van der Waals surface area contributed by atoms with Crippen LogP contribution in [0.4, 0.5) is 0 Å². The van der Waals surface area contributed by atoms with Crippen molar-refractivity contribution in [2.45, 2.75) is 25.5 Å². The first-order chi connectivity index (χ1) is 12.7. The van der Waals surface area contributed by atoms with Gasteiger partial charge in [-0.25, -0.2) is 0 Å². The second-order valence-corrected chi connectivity index (χ2v) is 6.84. The quantitative estimate of drug-likeness (QED) is 0.601. The van der Waals surface area contributed by atoms with Crippen molar-refractivity contribution in [2.75, 3.05) is 12.3 Å². The topological polar surface area (TPSA) is 63.9 Å². The number of carbonyl (C=O) groups is 1. The molecule has 7 heteroatoms. The highest BCUT2D eigenvalue weighted by atomic mass is 32.2. The average Bonchev–Trinajstić information content (AvgIpc) is 3.13.